The number of anilines is 1. The lowest BCUT2D eigenvalue weighted by Crippen LogP contribution is -2.48. The Morgan fingerprint density at radius 1 is 1.00 bits per heavy atom. The number of amides is 1. The summed E-state index contributed by atoms with van der Waals surface area (Å²) in [7, 11) is 0. The van der Waals surface area contributed by atoms with Gasteiger partial charge in [-0.1, -0.05) is 12.1 Å². The van der Waals surface area contributed by atoms with Crippen molar-refractivity contribution in [1.82, 2.24) is 4.90 Å². The summed E-state index contributed by atoms with van der Waals surface area (Å²) in [6.07, 6.45) is 0. The van der Waals surface area contributed by atoms with Crippen molar-refractivity contribution in [1.29, 1.82) is 0 Å². The van der Waals surface area contributed by atoms with Crippen molar-refractivity contribution in [2.75, 3.05) is 31.1 Å². The van der Waals surface area contributed by atoms with Crippen LogP contribution in [0.2, 0.25) is 0 Å². The predicted molar refractivity (Wildman–Crippen MR) is 123 cm³/mol. The molecule has 0 atom stereocenters. The zero-order valence-electron chi connectivity index (χ0n) is 17.7. The lowest BCUT2D eigenvalue weighted by molar-refractivity contribution is 0.0751. The van der Waals surface area contributed by atoms with Crippen LogP contribution in [0, 0.1) is 6.92 Å². The highest BCUT2D eigenvalue weighted by Crippen LogP contribution is 2.44. The zero-order valence-corrected chi connectivity index (χ0v) is 18.5. The van der Waals surface area contributed by atoms with Gasteiger partial charge in [0, 0.05) is 53.4 Å². The minimum absolute atomic E-state index is 0.0730. The fourth-order valence-electron chi connectivity index (χ4n) is 4.29. The lowest BCUT2D eigenvalue weighted by Gasteiger charge is -2.36. The maximum absolute atomic E-state index is 13.2. The van der Waals surface area contributed by atoms with Gasteiger partial charge in [-0.2, -0.15) is 0 Å². The van der Waals surface area contributed by atoms with Gasteiger partial charge < -0.3 is 14.5 Å². The minimum Gasteiger partial charge on any atom is -0.488 e. The van der Waals surface area contributed by atoms with E-state index in [-0.39, 0.29) is 11.7 Å². The predicted octanol–water partition coefficient (Wildman–Crippen LogP) is 4.78. The van der Waals surface area contributed by atoms with Gasteiger partial charge in [-0.25, -0.2) is 0 Å². The number of hydrogen-bond donors (Lipinski definition) is 0. The topological polar surface area (TPSA) is 49.9 Å². The molecular formula is C25H24N2O3S. The number of ether oxygens (including phenoxy) is 1. The second-order valence-corrected chi connectivity index (χ2v) is 9.14. The molecule has 31 heavy (non-hydrogen) atoms. The van der Waals surface area contributed by atoms with Gasteiger partial charge in [0.1, 0.15) is 12.4 Å². The summed E-state index contributed by atoms with van der Waals surface area (Å²) in [6.45, 7) is 7.10. The molecule has 1 amide bonds. The Morgan fingerprint density at radius 3 is 2.45 bits per heavy atom. The second kappa shape index (κ2) is 7.85. The molecule has 158 valence electrons. The van der Waals surface area contributed by atoms with E-state index in [2.05, 4.69) is 17.9 Å². The number of nitrogens with zero attached hydrogens (tertiary/aromatic N) is 2. The molecule has 5 rings (SSSR count). The highest BCUT2D eigenvalue weighted by Gasteiger charge is 2.28. The van der Waals surface area contributed by atoms with Crippen LogP contribution in [0.3, 0.4) is 0 Å². The third kappa shape index (κ3) is 3.61. The Morgan fingerprint density at radius 2 is 1.74 bits per heavy atom. The molecule has 2 aliphatic rings. The van der Waals surface area contributed by atoms with Crippen molar-refractivity contribution in [2.24, 2.45) is 0 Å². The van der Waals surface area contributed by atoms with Crippen LogP contribution < -0.4 is 9.64 Å². The van der Waals surface area contributed by atoms with E-state index in [9.17, 15) is 9.59 Å². The molecule has 0 bridgehead atoms. The monoisotopic (exact) mass is 432 g/mol. The number of rotatable bonds is 3. The van der Waals surface area contributed by atoms with Gasteiger partial charge in [0.05, 0.1) is 4.88 Å². The molecule has 0 spiro atoms. The molecule has 1 saturated heterocycles. The van der Waals surface area contributed by atoms with E-state index in [4.69, 9.17) is 4.74 Å². The van der Waals surface area contributed by atoms with Gasteiger partial charge in [-0.3, -0.25) is 9.59 Å². The van der Waals surface area contributed by atoms with Crippen LogP contribution in [-0.2, 0) is 6.61 Å². The van der Waals surface area contributed by atoms with Crippen LogP contribution in [-0.4, -0.2) is 42.8 Å². The Kier molecular flexibility index (Phi) is 5.02. The van der Waals surface area contributed by atoms with Gasteiger partial charge in [0.25, 0.3) is 5.91 Å². The Hall–Kier alpha value is -3.12. The van der Waals surface area contributed by atoms with Crippen molar-refractivity contribution in [2.45, 2.75) is 20.5 Å². The maximum atomic E-state index is 13.2. The fraction of sp³-hybridized carbons (Fsp3) is 0.280. The zero-order chi connectivity index (χ0) is 21.5. The molecule has 2 aromatic carbocycles. The van der Waals surface area contributed by atoms with E-state index in [1.54, 1.807) is 18.3 Å². The molecule has 6 heteroatoms. The molecule has 0 unspecified atom stereocenters. The molecule has 0 aliphatic carbocycles. The Balaban J connectivity index is 1.30. The third-order valence-electron chi connectivity index (χ3n) is 6.07. The number of carbonyl (C=O) groups is 2. The van der Waals surface area contributed by atoms with Crippen molar-refractivity contribution >= 4 is 28.7 Å². The van der Waals surface area contributed by atoms with Crippen molar-refractivity contribution in [3.05, 3.63) is 70.1 Å². The highest BCUT2D eigenvalue weighted by molar-refractivity contribution is 7.17. The lowest BCUT2D eigenvalue weighted by atomic mass is 10.0. The molecular weight excluding hydrogens is 408 g/mol. The first kappa shape index (κ1) is 19.8. The molecule has 3 aromatic rings. The van der Waals surface area contributed by atoms with E-state index in [1.807, 2.05) is 47.4 Å². The molecule has 3 heterocycles. The van der Waals surface area contributed by atoms with Crippen molar-refractivity contribution in [3.63, 3.8) is 0 Å². The number of piperazine rings is 1. The van der Waals surface area contributed by atoms with E-state index < -0.39 is 0 Å². The summed E-state index contributed by atoms with van der Waals surface area (Å²) >= 11 is 1.58. The summed E-state index contributed by atoms with van der Waals surface area (Å²) in [5.41, 5.74) is 5.20. The normalized spacial score (nSPS) is 15.2. The third-order valence-corrected chi connectivity index (χ3v) is 7.25. The van der Waals surface area contributed by atoms with E-state index in [1.165, 1.54) is 5.56 Å². The molecule has 1 fully saturated rings. The van der Waals surface area contributed by atoms with Crippen LogP contribution in [0.4, 0.5) is 5.69 Å². The summed E-state index contributed by atoms with van der Waals surface area (Å²) in [5, 5.41) is 0. The summed E-state index contributed by atoms with van der Waals surface area (Å²) in [4.78, 5) is 30.8. The van der Waals surface area contributed by atoms with Gasteiger partial charge in [0.15, 0.2) is 5.78 Å². The molecule has 0 radical (unpaired) electrons. The van der Waals surface area contributed by atoms with Gasteiger partial charge >= 0.3 is 0 Å². The van der Waals surface area contributed by atoms with Crippen molar-refractivity contribution in [3.8, 4) is 16.2 Å². The number of Topliss-reactive ketones (excluding diaryl/α,β-unsaturated/α-hetero) is 1. The molecule has 2 aliphatic heterocycles. The number of benzene rings is 2. The van der Waals surface area contributed by atoms with Crippen LogP contribution in [0.5, 0.6) is 5.75 Å². The van der Waals surface area contributed by atoms with Gasteiger partial charge in [-0.05, 0) is 55.8 Å². The Bertz CT molecular complexity index is 1160. The number of thiophene rings is 1. The van der Waals surface area contributed by atoms with Crippen LogP contribution in [0.25, 0.3) is 10.4 Å². The fourth-order valence-corrected chi connectivity index (χ4v) is 5.54. The quantitative estimate of drug-likeness (QED) is 0.559. The number of aryl methyl sites for hydroxylation is 1. The van der Waals surface area contributed by atoms with E-state index in [0.29, 0.717) is 19.7 Å². The van der Waals surface area contributed by atoms with Crippen LogP contribution in [0.15, 0.2) is 48.5 Å². The van der Waals surface area contributed by atoms with Gasteiger partial charge in [0.2, 0.25) is 0 Å². The summed E-state index contributed by atoms with van der Waals surface area (Å²) in [5.74, 6) is 1.07. The maximum Gasteiger partial charge on any atom is 0.264 e. The largest absolute Gasteiger partial charge is 0.488 e. The van der Waals surface area contributed by atoms with E-state index >= 15 is 0 Å². The first-order valence-corrected chi connectivity index (χ1v) is 11.3. The average Bonchev–Trinajstić information content (AvgIpc) is 3.23. The highest BCUT2D eigenvalue weighted by atomic mass is 32.1. The molecule has 1 aromatic heterocycles. The first-order valence-electron chi connectivity index (χ1n) is 10.5. The average molecular weight is 433 g/mol. The van der Waals surface area contributed by atoms with E-state index in [0.717, 1.165) is 51.0 Å². The number of ketones is 1. The first-order chi connectivity index (χ1) is 15.0. The minimum atomic E-state index is 0.0730. The summed E-state index contributed by atoms with van der Waals surface area (Å²) < 4.78 is 5.91. The molecule has 5 nitrogen and oxygen atoms in total. The van der Waals surface area contributed by atoms with Gasteiger partial charge in [-0.15, -0.1) is 11.3 Å². The SMILES string of the molecule is CC(=O)c1ccc(N2CCN(C(=O)c3cc4c(s3)-c3c(C)cccc3OC4)CC2)cc1. The molecule has 0 saturated carbocycles. The number of hydrogen-bond acceptors (Lipinski definition) is 5. The number of fused-ring (bicyclic) bond motifs is 3. The standard InChI is InChI=1S/C25H24N2O3S/c1-16-4-3-5-21-23(16)24-19(15-30-21)14-22(31-24)25(29)27-12-10-26(11-13-27)20-8-6-18(7-9-20)17(2)28/h3-9,14H,10-13,15H2,1-2H3. The van der Waals surface area contributed by atoms with Crippen LogP contribution >= 0.6 is 11.3 Å². The second-order valence-electron chi connectivity index (χ2n) is 8.08. The number of carbonyl (C=O) groups excluding carboxylic acids is 2. The Labute approximate surface area is 185 Å². The summed E-state index contributed by atoms with van der Waals surface area (Å²) in [6, 6.07) is 15.8. The molecule has 0 N–H and O–H groups in total. The van der Waals surface area contributed by atoms with Crippen LogP contribution in [0.1, 0.15) is 38.1 Å². The van der Waals surface area contributed by atoms with Crippen molar-refractivity contribution < 1.29 is 14.3 Å². The smallest absolute Gasteiger partial charge is 0.264 e.